The second kappa shape index (κ2) is 8.93. The molecule has 8 heteroatoms. The van der Waals surface area contributed by atoms with Crippen molar-refractivity contribution in [3.63, 3.8) is 0 Å². The Morgan fingerprint density at radius 2 is 2.07 bits per heavy atom. The highest BCUT2D eigenvalue weighted by Crippen LogP contribution is 2.12. The fourth-order valence-electron chi connectivity index (χ4n) is 3.01. The highest BCUT2D eigenvalue weighted by Gasteiger charge is 2.10. The molecule has 1 amide bonds. The van der Waals surface area contributed by atoms with Gasteiger partial charge in [-0.1, -0.05) is 12.1 Å². The van der Waals surface area contributed by atoms with Crippen LogP contribution < -0.4 is 10.6 Å². The van der Waals surface area contributed by atoms with Gasteiger partial charge in [0.05, 0.1) is 22.6 Å². The average molecular weight is 407 g/mol. The normalized spacial score (nSPS) is 11.1. The molecule has 0 aliphatic heterocycles. The van der Waals surface area contributed by atoms with Gasteiger partial charge in [0.15, 0.2) is 0 Å². The summed E-state index contributed by atoms with van der Waals surface area (Å²) in [4.78, 5) is 28.8. The van der Waals surface area contributed by atoms with Gasteiger partial charge in [-0.15, -0.1) is 11.3 Å². The summed E-state index contributed by atoms with van der Waals surface area (Å²) < 4.78 is 0. The van der Waals surface area contributed by atoms with Crippen LogP contribution in [0.2, 0.25) is 0 Å². The number of aryl methyl sites for hydroxylation is 1. The first-order valence-electron chi connectivity index (χ1n) is 9.46. The van der Waals surface area contributed by atoms with Crippen LogP contribution in [0.15, 0.2) is 48.0 Å². The maximum absolute atomic E-state index is 12.3. The number of carbonyl (C=O) groups is 1. The first-order valence-corrected chi connectivity index (χ1v) is 10.3. The molecule has 7 nitrogen and oxygen atoms in total. The van der Waals surface area contributed by atoms with Crippen LogP contribution in [0, 0.1) is 6.92 Å². The van der Waals surface area contributed by atoms with Crippen molar-refractivity contribution in [2.24, 2.45) is 0 Å². The SMILES string of the molecule is Cc1cc(CNC(=O)c2csc(CCNCc3nc4ccccc4[nH]3)n2)ccn1. The number of H-pyrrole nitrogens is 1. The van der Waals surface area contributed by atoms with Crippen LogP contribution in [-0.4, -0.2) is 32.4 Å². The fourth-order valence-corrected chi connectivity index (χ4v) is 3.79. The van der Waals surface area contributed by atoms with Crippen molar-refractivity contribution in [2.45, 2.75) is 26.4 Å². The third-order valence-corrected chi connectivity index (χ3v) is 5.35. The molecule has 3 heterocycles. The number of hydrogen-bond donors (Lipinski definition) is 3. The molecule has 0 aliphatic rings. The van der Waals surface area contributed by atoms with E-state index in [1.807, 2.05) is 48.7 Å². The Labute approximate surface area is 172 Å². The zero-order valence-corrected chi connectivity index (χ0v) is 16.9. The lowest BCUT2D eigenvalue weighted by molar-refractivity contribution is 0.0946. The van der Waals surface area contributed by atoms with Crippen molar-refractivity contribution in [1.82, 2.24) is 30.6 Å². The zero-order chi connectivity index (χ0) is 20.1. The van der Waals surface area contributed by atoms with Crippen LogP contribution in [0.5, 0.6) is 0 Å². The molecule has 0 fully saturated rings. The largest absolute Gasteiger partial charge is 0.347 e. The Morgan fingerprint density at radius 3 is 2.93 bits per heavy atom. The van der Waals surface area contributed by atoms with Crippen LogP contribution in [0.25, 0.3) is 11.0 Å². The lowest BCUT2D eigenvalue weighted by atomic mass is 10.2. The number of rotatable bonds is 8. The van der Waals surface area contributed by atoms with Crippen LogP contribution in [0.1, 0.15) is 32.6 Å². The van der Waals surface area contributed by atoms with Gasteiger partial charge in [0, 0.05) is 36.8 Å². The molecular formula is C21H22N6OS. The Morgan fingerprint density at radius 1 is 1.17 bits per heavy atom. The van der Waals surface area contributed by atoms with Gasteiger partial charge in [-0.3, -0.25) is 9.78 Å². The lowest BCUT2D eigenvalue weighted by Gasteiger charge is -2.04. The van der Waals surface area contributed by atoms with Crippen molar-refractivity contribution in [2.75, 3.05) is 6.54 Å². The molecule has 0 aliphatic carbocycles. The number of para-hydroxylation sites is 2. The number of aromatic amines is 1. The van der Waals surface area contributed by atoms with Crippen LogP contribution >= 0.6 is 11.3 Å². The average Bonchev–Trinajstić information content (AvgIpc) is 3.36. The maximum atomic E-state index is 12.3. The Bertz CT molecular complexity index is 1090. The van der Waals surface area contributed by atoms with E-state index in [0.29, 0.717) is 18.8 Å². The highest BCUT2D eigenvalue weighted by atomic mass is 32.1. The van der Waals surface area contributed by atoms with Gasteiger partial charge < -0.3 is 15.6 Å². The van der Waals surface area contributed by atoms with Gasteiger partial charge in [0.2, 0.25) is 0 Å². The number of thiazole rings is 1. The van der Waals surface area contributed by atoms with E-state index in [4.69, 9.17) is 0 Å². The molecule has 148 valence electrons. The van der Waals surface area contributed by atoms with Crippen LogP contribution in [0.3, 0.4) is 0 Å². The zero-order valence-electron chi connectivity index (χ0n) is 16.1. The lowest BCUT2D eigenvalue weighted by Crippen LogP contribution is -2.23. The van der Waals surface area contributed by atoms with Crippen molar-refractivity contribution >= 4 is 28.3 Å². The van der Waals surface area contributed by atoms with Crippen molar-refractivity contribution in [1.29, 1.82) is 0 Å². The molecule has 0 saturated heterocycles. The number of pyridine rings is 1. The van der Waals surface area contributed by atoms with E-state index in [1.165, 1.54) is 11.3 Å². The Balaban J connectivity index is 1.23. The van der Waals surface area contributed by atoms with E-state index in [2.05, 4.69) is 30.6 Å². The molecule has 3 N–H and O–H groups in total. The number of nitrogens with zero attached hydrogens (tertiary/aromatic N) is 3. The molecule has 0 atom stereocenters. The predicted octanol–water partition coefficient (Wildman–Crippen LogP) is 2.99. The van der Waals surface area contributed by atoms with Gasteiger partial charge in [-0.05, 0) is 36.8 Å². The number of imidazole rings is 1. The monoisotopic (exact) mass is 406 g/mol. The molecular weight excluding hydrogens is 384 g/mol. The number of nitrogens with one attached hydrogen (secondary N) is 3. The summed E-state index contributed by atoms with van der Waals surface area (Å²) in [5.41, 5.74) is 4.44. The summed E-state index contributed by atoms with van der Waals surface area (Å²) in [6, 6.07) is 11.8. The summed E-state index contributed by atoms with van der Waals surface area (Å²) in [7, 11) is 0. The van der Waals surface area contributed by atoms with Gasteiger partial charge in [0.25, 0.3) is 5.91 Å². The van der Waals surface area contributed by atoms with E-state index in [1.54, 1.807) is 6.20 Å². The second-order valence-corrected chi connectivity index (χ2v) is 7.68. The quantitative estimate of drug-likeness (QED) is 0.391. The van der Waals surface area contributed by atoms with E-state index < -0.39 is 0 Å². The minimum atomic E-state index is -0.155. The topological polar surface area (TPSA) is 95.6 Å². The van der Waals surface area contributed by atoms with Gasteiger partial charge >= 0.3 is 0 Å². The predicted molar refractivity (Wildman–Crippen MR) is 114 cm³/mol. The van der Waals surface area contributed by atoms with E-state index in [-0.39, 0.29) is 5.91 Å². The standard InChI is InChI=1S/C21H22N6OS/c1-14-10-15(6-9-23-14)11-24-21(28)18-13-29-20(27-18)7-8-22-12-19-25-16-4-2-3-5-17(16)26-19/h2-6,9-10,13,22H,7-8,11-12H2,1H3,(H,24,28)(H,25,26). The smallest absolute Gasteiger partial charge is 0.271 e. The van der Waals surface area contributed by atoms with Crippen molar-refractivity contribution in [3.05, 3.63) is 75.8 Å². The third kappa shape index (κ3) is 5.04. The van der Waals surface area contributed by atoms with E-state index in [0.717, 1.165) is 46.1 Å². The molecule has 1 aromatic carbocycles. The number of carbonyl (C=O) groups excluding carboxylic acids is 1. The second-order valence-electron chi connectivity index (χ2n) is 6.74. The summed E-state index contributed by atoms with van der Waals surface area (Å²) in [5, 5.41) is 9.02. The molecule has 0 radical (unpaired) electrons. The number of fused-ring (bicyclic) bond motifs is 1. The molecule has 4 rings (SSSR count). The molecule has 4 aromatic rings. The van der Waals surface area contributed by atoms with Gasteiger partial charge in [-0.2, -0.15) is 0 Å². The number of amides is 1. The molecule has 29 heavy (non-hydrogen) atoms. The third-order valence-electron chi connectivity index (χ3n) is 4.45. The van der Waals surface area contributed by atoms with Gasteiger partial charge in [-0.25, -0.2) is 9.97 Å². The molecule has 0 unspecified atom stereocenters. The maximum Gasteiger partial charge on any atom is 0.271 e. The van der Waals surface area contributed by atoms with Gasteiger partial charge in [0.1, 0.15) is 11.5 Å². The molecule has 0 bridgehead atoms. The summed E-state index contributed by atoms with van der Waals surface area (Å²) >= 11 is 1.51. The Hall–Kier alpha value is -3.10. The Kier molecular flexibility index (Phi) is 5.92. The minimum absolute atomic E-state index is 0.155. The molecule has 0 saturated carbocycles. The van der Waals surface area contributed by atoms with Crippen LogP contribution in [-0.2, 0) is 19.5 Å². The number of benzene rings is 1. The summed E-state index contributed by atoms with van der Waals surface area (Å²) in [6.45, 7) is 3.83. The fraction of sp³-hybridized carbons (Fsp3) is 0.238. The number of aromatic nitrogens is 4. The molecule has 3 aromatic heterocycles. The van der Waals surface area contributed by atoms with E-state index >= 15 is 0 Å². The highest BCUT2D eigenvalue weighted by molar-refractivity contribution is 7.09. The van der Waals surface area contributed by atoms with Crippen molar-refractivity contribution in [3.8, 4) is 0 Å². The summed E-state index contributed by atoms with van der Waals surface area (Å²) in [6.07, 6.45) is 2.51. The first-order chi connectivity index (χ1) is 14.2. The first kappa shape index (κ1) is 19.2. The van der Waals surface area contributed by atoms with E-state index in [9.17, 15) is 4.79 Å². The van der Waals surface area contributed by atoms with Crippen LogP contribution in [0.4, 0.5) is 0 Å². The molecule has 0 spiro atoms. The minimum Gasteiger partial charge on any atom is -0.347 e. The number of hydrogen-bond acceptors (Lipinski definition) is 6. The van der Waals surface area contributed by atoms with Crippen molar-refractivity contribution < 1.29 is 4.79 Å². The summed E-state index contributed by atoms with van der Waals surface area (Å²) in [5.74, 6) is 0.758.